The molecule has 2 aromatic rings. The average molecular weight is 485 g/mol. The molecule has 1 unspecified atom stereocenters. The van der Waals surface area contributed by atoms with E-state index < -0.39 is 0 Å². The van der Waals surface area contributed by atoms with Crippen LogP contribution in [0.5, 0.6) is 0 Å². The quantitative estimate of drug-likeness (QED) is 0.492. The van der Waals surface area contributed by atoms with Crippen molar-refractivity contribution in [2.24, 2.45) is 0 Å². The fraction of sp³-hybridized carbons (Fsp3) is 0.333. The summed E-state index contributed by atoms with van der Waals surface area (Å²) in [5.41, 5.74) is 1.31. The summed E-state index contributed by atoms with van der Waals surface area (Å²) in [5.74, 6) is 0. The molecule has 1 aromatic heterocycles. The molecular weight excluding hydrogens is 469 g/mol. The molecule has 0 radical (unpaired) electrons. The largest absolute Gasteiger partial charge is 0.310 e. The summed E-state index contributed by atoms with van der Waals surface area (Å²) >= 11 is 13.7. The Morgan fingerprint density at radius 3 is 2.80 bits per heavy atom. The lowest BCUT2D eigenvalue weighted by atomic mass is 10.0. The van der Waals surface area contributed by atoms with E-state index in [1.165, 1.54) is 14.0 Å². The molecule has 108 valence electrons. The predicted octanol–water partition coefficient (Wildman–Crippen LogP) is 6.05. The Morgan fingerprint density at radius 2 is 2.15 bits per heavy atom. The van der Waals surface area contributed by atoms with E-state index >= 15 is 0 Å². The summed E-state index contributed by atoms with van der Waals surface area (Å²) in [6.07, 6.45) is 2.10. The Hall–Kier alpha value is 0.380. The van der Waals surface area contributed by atoms with Gasteiger partial charge in [-0.15, -0.1) is 11.3 Å². The molecule has 20 heavy (non-hydrogen) atoms. The Kier molecular flexibility index (Phi) is 6.81. The first-order valence-electron chi connectivity index (χ1n) is 6.52. The molecule has 0 aliphatic carbocycles. The van der Waals surface area contributed by atoms with Crippen LogP contribution in [0.3, 0.4) is 0 Å². The van der Waals surface area contributed by atoms with Crippen molar-refractivity contribution in [1.29, 1.82) is 0 Å². The minimum atomic E-state index is 0.314. The minimum Gasteiger partial charge on any atom is -0.310 e. The van der Waals surface area contributed by atoms with Gasteiger partial charge in [0.1, 0.15) is 0 Å². The lowest BCUT2D eigenvalue weighted by Crippen LogP contribution is -2.24. The minimum absolute atomic E-state index is 0.314. The highest BCUT2D eigenvalue weighted by atomic mass is 127. The first-order valence-corrected chi connectivity index (χ1v) is 9.59. The van der Waals surface area contributed by atoms with Crippen molar-refractivity contribution in [3.63, 3.8) is 0 Å². The lowest BCUT2D eigenvalue weighted by Gasteiger charge is -2.20. The molecule has 0 saturated carbocycles. The van der Waals surface area contributed by atoms with Gasteiger partial charge in [-0.3, -0.25) is 0 Å². The summed E-state index contributed by atoms with van der Waals surface area (Å²) in [6.45, 7) is 3.21. The van der Waals surface area contributed by atoms with E-state index in [4.69, 9.17) is 11.6 Å². The van der Waals surface area contributed by atoms with E-state index in [1.54, 1.807) is 11.3 Å². The Morgan fingerprint density at radius 1 is 1.35 bits per heavy atom. The molecule has 1 aromatic carbocycles. The molecule has 1 heterocycles. The Labute approximate surface area is 151 Å². The second-order valence-corrected chi connectivity index (χ2v) is 8.48. The van der Waals surface area contributed by atoms with Gasteiger partial charge in [-0.1, -0.05) is 34.5 Å². The first-order chi connectivity index (χ1) is 9.60. The van der Waals surface area contributed by atoms with Gasteiger partial charge < -0.3 is 5.32 Å². The highest BCUT2D eigenvalue weighted by Crippen LogP contribution is 2.31. The van der Waals surface area contributed by atoms with E-state index in [9.17, 15) is 0 Å². The molecule has 5 heteroatoms. The summed E-state index contributed by atoms with van der Waals surface area (Å²) in [7, 11) is 0. The van der Waals surface area contributed by atoms with Crippen molar-refractivity contribution in [2.45, 2.75) is 25.8 Å². The van der Waals surface area contributed by atoms with Gasteiger partial charge in [0.2, 0.25) is 0 Å². The molecule has 0 spiro atoms. The number of nitrogens with one attached hydrogen (secondary N) is 1. The van der Waals surface area contributed by atoms with E-state index in [0.717, 1.165) is 28.2 Å². The van der Waals surface area contributed by atoms with Crippen LogP contribution in [-0.2, 0) is 6.42 Å². The van der Waals surface area contributed by atoms with Gasteiger partial charge in [-0.05, 0) is 71.5 Å². The molecule has 1 atom stereocenters. The third-order valence-electron chi connectivity index (χ3n) is 3.01. The van der Waals surface area contributed by atoms with E-state index in [0.29, 0.717) is 6.04 Å². The molecule has 0 fully saturated rings. The fourth-order valence-electron chi connectivity index (χ4n) is 2.05. The number of hydrogen-bond donors (Lipinski definition) is 1. The highest BCUT2D eigenvalue weighted by Gasteiger charge is 2.16. The second-order valence-electron chi connectivity index (χ2n) is 4.58. The number of hydrogen-bond acceptors (Lipinski definition) is 2. The molecule has 0 saturated heterocycles. The van der Waals surface area contributed by atoms with E-state index in [2.05, 4.69) is 75.0 Å². The predicted molar refractivity (Wildman–Crippen MR) is 101 cm³/mol. The monoisotopic (exact) mass is 483 g/mol. The van der Waals surface area contributed by atoms with Gasteiger partial charge >= 0.3 is 0 Å². The zero-order chi connectivity index (χ0) is 14.5. The maximum atomic E-state index is 6.04. The maximum Gasteiger partial charge on any atom is 0.0931 e. The first kappa shape index (κ1) is 16.7. The molecule has 2 rings (SSSR count). The molecule has 1 nitrogen and oxygen atoms in total. The maximum absolute atomic E-state index is 6.04. The van der Waals surface area contributed by atoms with E-state index in [-0.39, 0.29) is 0 Å². The average Bonchev–Trinajstić information content (AvgIpc) is 2.83. The van der Waals surface area contributed by atoms with Crippen LogP contribution in [-0.4, -0.2) is 6.54 Å². The fourth-order valence-corrected chi connectivity index (χ4v) is 4.23. The standard InChI is InChI=1S/C15H16BrClINS/c1-2-7-19-14(9-11-4-6-15(17)20-11)12-8-10(18)3-5-13(12)16/h3-6,8,14,19H,2,7,9H2,1H3. The highest BCUT2D eigenvalue weighted by molar-refractivity contribution is 14.1. The molecule has 0 aliphatic rings. The van der Waals surface area contributed by atoms with Crippen molar-refractivity contribution in [2.75, 3.05) is 6.54 Å². The number of thiophene rings is 1. The topological polar surface area (TPSA) is 12.0 Å². The summed E-state index contributed by atoms with van der Waals surface area (Å²) in [5, 5.41) is 3.64. The van der Waals surface area contributed by atoms with Crippen molar-refractivity contribution in [3.8, 4) is 0 Å². The zero-order valence-corrected chi connectivity index (χ0v) is 16.4. The third kappa shape index (κ3) is 4.70. The van der Waals surface area contributed by atoms with Crippen LogP contribution >= 0.6 is 61.5 Å². The van der Waals surface area contributed by atoms with Crippen LogP contribution in [0.2, 0.25) is 4.34 Å². The summed E-state index contributed by atoms with van der Waals surface area (Å²) in [4.78, 5) is 1.31. The van der Waals surface area contributed by atoms with Crippen molar-refractivity contribution in [3.05, 3.63) is 53.2 Å². The van der Waals surface area contributed by atoms with Gasteiger partial charge in [-0.25, -0.2) is 0 Å². The normalized spacial score (nSPS) is 12.6. The van der Waals surface area contributed by atoms with Crippen LogP contribution in [0.1, 0.15) is 29.8 Å². The van der Waals surface area contributed by atoms with Crippen LogP contribution < -0.4 is 5.32 Å². The smallest absolute Gasteiger partial charge is 0.0931 e. The van der Waals surface area contributed by atoms with Gasteiger partial charge in [0.05, 0.1) is 4.34 Å². The van der Waals surface area contributed by atoms with Crippen molar-refractivity contribution >= 4 is 61.5 Å². The van der Waals surface area contributed by atoms with Crippen molar-refractivity contribution in [1.82, 2.24) is 5.32 Å². The molecule has 0 aliphatic heterocycles. The molecule has 0 amide bonds. The lowest BCUT2D eigenvalue weighted by molar-refractivity contribution is 0.530. The van der Waals surface area contributed by atoms with Gasteiger partial charge in [0.25, 0.3) is 0 Å². The van der Waals surface area contributed by atoms with Crippen LogP contribution in [0.15, 0.2) is 34.8 Å². The van der Waals surface area contributed by atoms with Gasteiger partial charge in [0, 0.05) is 25.4 Å². The van der Waals surface area contributed by atoms with Crippen molar-refractivity contribution < 1.29 is 0 Å². The zero-order valence-electron chi connectivity index (χ0n) is 11.1. The summed E-state index contributed by atoms with van der Waals surface area (Å²) in [6, 6.07) is 10.9. The van der Waals surface area contributed by atoms with Crippen LogP contribution in [0, 0.1) is 3.57 Å². The number of rotatable bonds is 6. The SMILES string of the molecule is CCCNC(Cc1ccc(Cl)s1)c1cc(I)ccc1Br. The van der Waals surface area contributed by atoms with E-state index in [1.807, 2.05) is 6.07 Å². The number of halogens is 3. The number of benzene rings is 1. The Balaban J connectivity index is 2.24. The Bertz CT molecular complexity index is 573. The van der Waals surface area contributed by atoms with Gasteiger partial charge in [0.15, 0.2) is 0 Å². The van der Waals surface area contributed by atoms with Crippen LogP contribution in [0.4, 0.5) is 0 Å². The molecular formula is C15H16BrClINS. The van der Waals surface area contributed by atoms with Gasteiger partial charge in [-0.2, -0.15) is 0 Å². The second kappa shape index (κ2) is 8.13. The molecule has 0 bridgehead atoms. The molecule has 1 N–H and O–H groups in total. The van der Waals surface area contributed by atoms with Crippen LogP contribution in [0.25, 0.3) is 0 Å². The summed E-state index contributed by atoms with van der Waals surface area (Å²) < 4.78 is 3.28. The third-order valence-corrected chi connectivity index (χ3v) is 5.65.